The second-order valence-electron chi connectivity index (χ2n) is 15.0. The van der Waals surface area contributed by atoms with Gasteiger partial charge in [0.05, 0.1) is 18.9 Å². The molecule has 0 radical (unpaired) electrons. The van der Waals surface area contributed by atoms with Gasteiger partial charge >= 0.3 is 13.8 Å². The van der Waals surface area contributed by atoms with E-state index in [2.05, 4.69) is 35.7 Å². The monoisotopic (exact) mass is 739 g/mol. The summed E-state index contributed by atoms with van der Waals surface area (Å²) < 4.78 is 29.6. The number of carbonyl (C=O) groups excluding carboxylic acids is 1. The molecule has 0 saturated carbocycles. The number of ether oxygens (including phenoxy) is 1. The average molecular weight is 740 g/mol. The standard InChI is InChI=1S/C37H66N5O8P/c1-5-6-7-8-9-10-11-12-13-14-15-16-17-18-19-20-21-27(2)22-28(3)23-29(4)37(45)50-51(46,47)48-24-30-32(43)33(44)36(49-30)42-26-41-31-34(38)39-25-40-35(31)42/h25-30,32-33,36,43-44H,5-24H2,1-4H3,(H,46,47)(H2,38,39,40)/t27?,28?,29?,30-,32-,33-,36-/m1/s1. The van der Waals surface area contributed by atoms with Crippen LogP contribution in [0.15, 0.2) is 12.7 Å². The molecule has 13 nitrogen and oxygen atoms in total. The summed E-state index contributed by atoms with van der Waals surface area (Å²) in [4.78, 5) is 35.1. The molecule has 5 N–H and O–H groups in total. The van der Waals surface area contributed by atoms with Gasteiger partial charge in [-0.3, -0.25) is 18.8 Å². The Labute approximate surface area is 305 Å². The van der Waals surface area contributed by atoms with E-state index in [1.165, 1.54) is 120 Å². The second-order valence-corrected chi connectivity index (χ2v) is 16.4. The van der Waals surface area contributed by atoms with Gasteiger partial charge in [0, 0.05) is 0 Å². The van der Waals surface area contributed by atoms with Gasteiger partial charge in [-0.25, -0.2) is 19.5 Å². The van der Waals surface area contributed by atoms with Gasteiger partial charge in [-0.05, 0) is 24.7 Å². The predicted molar refractivity (Wildman–Crippen MR) is 198 cm³/mol. The van der Waals surface area contributed by atoms with E-state index in [-0.39, 0.29) is 17.4 Å². The molecule has 2 aromatic heterocycles. The number of aliphatic hydroxyl groups is 2. The first-order valence-corrected chi connectivity index (χ1v) is 21.1. The van der Waals surface area contributed by atoms with Crippen LogP contribution in [-0.4, -0.2) is 65.5 Å². The van der Waals surface area contributed by atoms with Crippen LogP contribution < -0.4 is 5.73 Å². The summed E-state index contributed by atoms with van der Waals surface area (Å²) in [5, 5.41) is 21.1. The molecule has 1 saturated heterocycles. The Morgan fingerprint density at radius 3 is 2.02 bits per heavy atom. The lowest BCUT2D eigenvalue weighted by Crippen LogP contribution is -2.33. The maximum Gasteiger partial charge on any atom is 0.529 e. The molecule has 3 rings (SSSR count). The highest BCUT2D eigenvalue weighted by molar-refractivity contribution is 7.48. The van der Waals surface area contributed by atoms with E-state index in [9.17, 15) is 24.5 Å². The molecule has 8 atom stereocenters. The Morgan fingerprint density at radius 1 is 0.863 bits per heavy atom. The van der Waals surface area contributed by atoms with Crippen molar-refractivity contribution < 1.29 is 38.3 Å². The molecule has 1 fully saturated rings. The van der Waals surface area contributed by atoms with Crippen molar-refractivity contribution in [2.75, 3.05) is 12.3 Å². The molecule has 3 heterocycles. The lowest BCUT2D eigenvalue weighted by atomic mass is 9.87. The van der Waals surface area contributed by atoms with Crippen molar-refractivity contribution in [1.29, 1.82) is 0 Å². The highest BCUT2D eigenvalue weighted by atomic mass is 31.2. The van der Waals surface area contributed by atoms with E-state index in [0.29, 0.717) is 17.9 Å². The fourth-order valence-corrected chi connectivity index (χ4v) is 7.99. The number of nitrogen functional groups attached to an aromatic ring is 1. The molecule has 0 amide bonds. The van der Waals surface area contributed by atoms with Crippen LogP contribution in [0.25, 0.3) is 11.2 Å². The van der Waals surface area contributed by atoms with Gasteiger partial charge in [-0.1, -0.05) is 137 Å². The number of unbranched alkanes of at least 4 members (excludes halogenated alkanes) is 15. The minimum absolute atomic E-state index is 0.137. The molecule has 2 aromatic rings. The van der Waals surface area contributed by atoms with Gasteiger partial charge < -0.3 is 25.2 Å². The number of nitrogens with two attached hydrogens (primary N) is 1. The van der Waals surface area contributed by atoms with Crippen LogP contribution in [0.3, 0.4) is 0 Å². The fourth-order valence-electron chi connectivity index (χ4n) is 7.19. The number of nitrogens with zero attached hydrogens (tertiary/aromatic N) is 4. The van der Waals surface area contributed by atoms with Gasteiger partial charge in [-0.15, -0.1) is 0 Å². The van der Waals surface area contributed by atoms with E-state index in [1.54, 1.807) is 6.92 Å². The normalized spacial score (nSPS) is 22.2. The third-order valence-corrected chi connectivity index (χ3v) is 11.0. The topological polar surface area (TPSA) is 192 Å². The first-order chi connectivity index (χ1) is 24.4. The highest BCUT2D eigenvalue weighted by Crippen LogP contribution is 2.45. The Morgan fingerprint density at radius 2 is 1.43 bits per heavy atom. The number of imidazole rings is 1. The molecule has 0 aromatic carbocycles. The third-order valence-electron chi connectivity index (χ3n) is 10.1. The largest absolute Gasteiger partial charge is 0.529 e. The van der Waals surface area contributed by atoms with Crippen LogP contribution in [0.1, 0.15) is 156 Å². The Balaban J connectivity index is 1.24. The third kappa shape index (κ3) is 15.0. The lowest BCUT2D eigenvalue weighted by Gasteiger charge is -2.21. The van der Waals surface area contributed by atoms with Crippen LogP contribution >= 0.6 is 7.82 Å². The zero-order valence-corrected chi connectivity index (χ0v) is 32.4. The summed E-state index contributed by atoms with van der Waals surface area (Å²) in [6.07, 6.45) is 21.7. The summed E-state index contributed by atoms with van der Waals surface area (Å²) in [6.45, 7) is 7.68. The van der Waals surface area contributed by atoms with Crippen LogP contribution in [0.5, 0.6) is 0 Å². The minimum Gasteiger partial charge on any atom is -0.387 e. The summed E-state index contributed by atoms with van der Waals surface area (Å²) in [6, 6.07) is 0. The molecule has 0 spiro atoms. The van der Waals surface area contributed by atoms with Crippen molar-refractivity contribution in [3.05, 3.63) is 12.7 Å². The van der Waals surface area contributed by atoms with Crippen molar-refractivity contribution >= 4 is 30.8 Å². The first-order valence-electron chi connectivity index (χ1n) is 19.6. The van der Waals surface area contributed by atoms with Crippen LogP contribution in [0.2, 0.25) is 0 Å². The molecule has 1 aliphatic heterocycles. The molecule has 51 heavy (non-hydrogen) atoms. The van der Waals surface area contributed by atoms with E-state index < -0.39 is 50.9 Å². The number of phosphoric acid groups is 1. The Kier molecular flexibility index (Phi) is 19.3. The SMILES string of the molecule is CCCCCCCCCCCCCCCCCCC(C)CC(C)CC(C)C(=O)OP(=O)(O)OC[C@H]1O[C@@H](n2cnc3c(N)ncnc32)[C@H](O)[C@@H]1O. The van der Waals surface area contributed by atoms with Crippen LogP contribution in [0.4, 0.5) is 5.82 Å². The van der Waals surface area contributed by atoms with Gasteiger partial charge in [-0.2, -0.15) is 0 Å². The molecule has 292 valence electrons. The number of rotatable bonds is 27. The number of aromatic nitrogens is 4. The summed E-state index contributed by atoms with van der Waals surface area (Å²) in [5.41, 5.74) is 6.39. The van der Waals surface area contributed by atoms with Gasteiger partial charge in [0.2, 0.25) is 0 Å². The number of phosphoric ester groups is 1. The lowest BCUT2D eigenvalue weighted by molar-refractivity contribution is -0.141. The minimum atomic E-state index is -4.82. The maximum atomic E-state index is 12.7. The Hall–Kier alpha value is -2.15. The molecule has 14 heteroatoms. The summed E-state index contributed by atoms with van der Waals surface area (Å²) >= 11 is 0. The van der Waals surface area contributed by atoms with E-state index in [1.807, 2.05) is 0 Å². The summed E-state index contributed by atoms with van der Waals surface area (Å²) in [5.74, 6) is -0.521. The first kappa shape index (κ1) is 43.3. The number of hydrogen-bond acceptors (Lipinski definition) is 11. The van der Waals surface area contributed by atoms with Crippen molar-refractivity contribution in [2.24, 2.45) is 17.8 Å². The smallest absolute Gasteiger partial charge is 0.387 e. The van der Waals surface area contributed by atoms with Crippen molar-refractivity contribution in [3.63, 3.8) is 0 Å². The molecule has 0 bridgehead atoms. The molecule has 0 aliphatic carbocycles. The quantitative estimate of drug-likeness (QED) is 0.0510. The van der Waals surface area contributed by atoms with Crippen LogP contribution in [0, 0.1) is 17.8 Å². The molecule has 1 aliphatic rings. The van der Waals surface area contributed by atoms with Crippen molar-refractivity contribution in [2.45, 2.75) is 174 Å². The van der Waals surface area contributed by atoms with E-state index in [0.717, 1.165) is 12.8 Å². The number of fused-ring (bicyclic) bond motifs is 1. The van der Waals surface area contributed by atoms with Crippen molar-refractivity contribution in [3.8, 4) is 0 Å². The van der Waals surface area contributed by atoms with Crippen LogP contribution in [-0.2, 0) is 23.1 Å². The molecular formula is C37H66N5O8P. The van der Waals surface area contributed by atoms with Crippen molar-refractivity contribution in [1.82, 2.24) is 19.5 Å². The zero-order chi connectivity index (χ0) is 37.2. The predicted octanol–water partition coefficient (Wildman–Crippen LogP) is 8.03. The molecule has 4 unspecified atom stereocenters. The average Bonchev–Trinajstić information content (AvgIpc) is 3.64. The Bertz CT molecular complexity index is 1330. The van der Waals surface area contributed by atoms with Gasteiger partial charge in [0.1, 0.15) is 30.2 Å². The van der Waals surface area contributed by atoms with Gasteiger partial charge in [0.25, 0.3) is 0 Å². The zero-order valence-electron chi connectivity index (χ0n) is 31.5. The number of aliphatic hydroxyl groups excluding tert-OH is 2. The number of hydrogen-bond donors (Lipinski definition) is 4. The number of anilines is 1. The van der Waals surface area contributed by atoms with Gasteiger partial charge in [0.15, 0.2) is 17.7 Å². The van der Waals surface area contributed by atoms with E-state index in [4.69, 9.17) is 19.5 Å². The molecular weight excluding hydrogens is 673 g/mol. The second kappa shape index (κ2) is 22.8. The highest BCUT2D eigenvalue weighted by Gasteiger charge is 2.45. The van der Waals surface area contributed by atoms with E-state index >= 15 is 0 Å². The fraction of sp³-hybridized carbons (Fsp3) is 0.838. The summed E-state index contributed by atoms with van der Waals surface area (Å²) in [7, 11) is -4.82. The maximum absolute atomic E-state index is 12.7. The number of carbonyl (C=O) groups is 1.